The van der Waals surface area contributed by atoms with Crippen molar-refractivity contribution in [2.45, 2.75) is 65.6 Å². The Morgan fingerprint density at radius 2 is 1.90 bits per heavy atom. The number of rotatable bonds is 4. The van der Waals surface area contributed by atoms with E-state index in [2.05, 4.69) is 17.6 Å². The van der Waals surface area contributed by atoms with Crippen LogP contribution in [0.2, 0.25) is 0 Å². The Balaban J connectivity index is 2.85. The summed E-state index contributed by atoms with van der Waals surface area (Å²) in [4.78, 5) is 26.7. The molecule has 5 heteroatoms. The molecule has 2 amide bonds. The minimum atomic E-state index is -0.480. The van der Waals surface area contributed by atoms with Crippen molar-refractivity contribution in [2.24, 2.45) is 5.41 Å². The summed E-state index contributed by atoms with van der Waals surface area (Å²) in [7, 11) is 1.74. The second-order valence-electron chi connectivity index (χ2n) is 6.84. The number of carbonyl (C=O) groups excluding carboxylic acids is 2. The standard InChI is InChI=1S/C15H29N3O2/c1-10-8-7-9-18(10)14(20)12(15(3,4)5)17-13(19)11(2)16-6/h10-12,16H,7-9H2,1-6H3,(H,17,19)/t10-,11+,12-/m1/s1. The molecule has 1 aliphatic heterocycles. The number of likely N-dealkylation sites (N-methyl/N-ethyl adjacent to an activating group) is 1. The van der Waals surface area contributed by atoms with Gasteiger partial charge in [0.05, 0.1) is 6.04 Å². The summed E-state index contributed by atoms with van der Waals surface area (Å²) in [5.41, 5.74) is -0.303. The maximum Gasteiger partial charge on any atom is 0.245 e. The molecule has 0 spiro atoms. The lowest BCUT2D eigenvalue weighted by Crippen LogP contribution is -2.57. The van der Waals surface area contributed by atoms with Crippen LogP contribution in [-0.2, 0) is 9.59 Å². The Kier molecular flexibility index (Phi) is 5.57. The van der Waals surface area contributed by atoms with Gasteiger partial charge in [0.25, 0.3) is 0 Å². The van der Waals surface area contributed by atoms with E-state index in [1.165, 1.54) is 0 Å². The predicted octanol–water partition coefficient (Wildman–Crippen LogP) is 1.14. The van der Waals surface area contributed by atoms with E-state index in [-0.39, 0.29) is 29.3 Å². The van der Waals surface area contributed by atoms with E-state index in [1.807, 2.05) is 25.7 Å². The molecule has 1 aliphatic rings. The van der Waals surface area contributed by atoms with E-state index in [4.69, 9.17) is 0 Å². The van der Waals surface area contributed by atoms with Crippen LogP contribution in [0.15, 0.2) is 0 Å². The quantitative estimate of drug-likeness (QED) is 0.813. The molecule has 0 radical (unpaired) electrons. The van der Waals surface area contributed by atoms with Crippen LogP contribution in [0.5, 0.6) is 0 Å². The second-order valence-corrected chi connectivity index (χ2v) is 6.84. The Labute approximate surface area is 122 Å². The smallest absolute Gasteiger partial charge is 0.245 e. The lowest BCUT2D eigenvalue weighted by molar-refractivity contribution is -0.140. The Bertz CT molecular complexity index is 363. The molecule has 0 bridgehead atoms. The van der Waals surface area contributed by atoms with Gasteiger partial charge in [0.15, 0.2) is 0 Å². The summed E-state index contributed by atoms with van der Waals surface area (Å²) >= 11 is 0. The van der Waals surface area contributed by atoms with Gasteiger partial charge in [-0.05, 0) is 39.2 Å². The van der Waals surface area contributed by atoms with Crippen molar-refractivity contribution in [1.29, 1.82) is 0 Å². The van der Waals surface area contributed by atoms with Crippen LogP contribution in [0, 0.1) is 5.41 Å². The zero-order valence-electron chi connectivity index (χ0n) is 13.6. The molecule has 0 aromatic carbocycles. The summed E-state index contributed by atoms with van der Waals surface area (Å²) in [5, 5.41) is 5.81. The van der Waals surface area contributed by atoms with Crippen molar-refractivity contribution >= 4 is 11.8 Å². The lowest BCUT2D eigenvalue weighted by atomic mass is 9.85. The van der Waals surface area contributed by atoms with Crippen molar-refractivity contribution in [2.75, 3.05) is 13.6 Å². The molecule has 0 aromatic rings. The molecule has 0 aromatic heterocycles. The van der Waals surface area contributed by atoms with Crippen molar-refractivity contribution in [3.05, 3.63) is 0 Å². The molecule has 1 heterocycles. The second kappa shape index (κ2) is 6.57. The van der Waals surface area contributed by atoms with Crippen LogP contribution in [0.1, 0.15) is 47.5 Å². The topological polar surface area (TPSA) is 61.4 Å². The molecule has 1 saturated heterocycles. The molecule has 3 atom stereocenters. The summed E-state index contributed by atoms with van der Waals surface area (Å²) in [6.07, 6.45) is 2.09. The van der Waals surface area contributed by atoms with E-state index >= 15 is 0 Å². The van der Waals surface area contributed by atoms with Gasteiger partial charge in [-0.1, -0.05) is 20.8 Å². The predicted molar refractivity (Wildman–Crippen MR) is 80.3 cm³/mol. The first-order chi connectivity index (χ1) is 9.18. The fourth-order valence-corrected chi connectivity index (χ4v) is 2.47. The van der Waals surface area contributed by atoms with E-state index < -0.39 is 6.04 Å². The first-order valence-corrected chi connectivity index (χ1v) is 7.46. The van der Waals surface area contributed by atoms with E-state index in [1.54, 1.807) is 14.0 Å². The maximum absolute atomic E-state index is 12.7. The number of carbonyl (C=O) groups is 2. The Hall–Kier alpha value is -1.10. The summed E-state index contributed by atoms with van der Waals surface area (Å²) in [6.45, 7) is 10.6. The van der Waals surface area contributed by atoms with Crippen LogP contribution in [0.3, 0.4) is 0 Å². The monoisotopic (exact) mass is 283 g/mol. The van der Waals surface area contributed by atoms with Gasteiger partial charge in [0, 0.05) is 12.6 Å². The highest BCUT2D eigenvalue weighted by molar-refractivity contribution is 5.90. The third-order valence-corrected chi connectivity index (χ3v) is 4.06. The SMILES string of the molecule is CN[C@@H](C)C(=O)N[C@H](C(=O)N1CCC[C@H]1C)C(C)(C)C. The van der Waals surface area contributed by atoms with Gasteiger partial charge in [0.1, 0.15) is 6.04 Å². The minimum absolute atomic E-state index is 0.0409. The summed E-state index contributed by atoms with van der Waals surface area (Å²) < 4.78 is 0. The summed E-state index contributed by atoms with van der Waals surface area (Å²) in [6, 6.07) is -0.513. The third-order valence-electron chi connectivity index (χ3n) is 4.06. The molecule has 1 fully saturated rings. The zero-order chi connectivity index (χ0) is 15.5. The molecule has 116 valence electrons. The van der Waals surface area contributed by atoms with E-state index in [9.17, 15) is 9.59 Å². The van der Waals surface area contributed by atoms with Crippen molar-refractivity contribution in [3.63, 3.8) is 0 Å². The largest absolute Gasteiger partial charge is 0.342 e. The molecule has 0 unspecified atom stereocenters. The van der Waals surface area contributed by atoms with Crippen LogP contribution >= 0.6 is 0 Å². The lowest BCUT2D eigenvalue weighted by Gasteiger charge is -2.35. The van der Waals surface area contributed by atoms with Gasteiger partial charge in [-0.2, -0.15) is 0 Å². The third kappa shape index (κ3) is 3.95. The normalized spacial score (nSPS) is 22.5. The Morgan fingerprint density at radius 1 is 1.30 bits per heavy atom. The minimum Gasteiger partial charge on any atom is -0.342 e. The molecular formula is C15H29N3O2. The first-order valence-electron chi connectivity index (χ1n) is 7.46. The fourth-order valence-electron chi connectivity index (χ4n) is 2.47. The first kappa shape index (κ1) is 17.0. The van der Waals surface area contributed by atoms with Crippen LogP contribution in [0.25, 0.3) is 0 Å². The molecular weight excluding hydrogens is 254 g/mol. The molecule has 1 rings (SSSR count). The van der Waals surface area contributed by atoms with Crippen LogP contribution in [-0.4, -0.2) is 48.4 Å². The van der Waals surface area contributed by atoms with Crippen molar-refractivity contribution < 1.29 is 9.59 Å². The molecule has 2 N–H and O–H groups in total. The van der Waals surface area contributed by atoms with Crippen LogP contribution in [0.4, 0.5) is 0 Å². The average molecular weight is 283 g/mol. The molecule has 5 nitrogen and oxygen atoms in total. The van der Waals surface area contributed by atoms with Gasteiger partial charge >= 0.3 is 0 Å². The number of nitrogens with zero attached hydrogens (tertiary/aromatic N) is 1. The molecule has 20 heavy (non-hydrogen) atoms. The van der Waals surface area contributed by atoms with E-state index in [0.717, 1.165) is 19.4 Å². The molecule has 0 aliphatic carbocycles. The zero-order valence-corrected chi connectivity index (χ0v) is 13.6. The average Bonchev–Trinajstić information content (AvgIpc) is 2.78. The highest BCUT2D eigenvalue weighted by Gasteiger charge is 2.38. The Morgan fingerprint density at radius 3 is 2.30 bits per heavy atom. The fraction of sp³-hybridized carbons (Fsp3) is 0.867. The van der Waals surface area contributed by atoms with Gasteiger partial charge < -0.3 is 15.5 Å². The van der Waals surface area contributed by atoms with Gasteiger partial charge in [-0.3, -0.25) is 9.59 Å². The van der Waals surface area contributed by atoms with Crippen molar-refractivity contribution in [1.82, 2.24) is 15.5 Å². The van der Waals surface area contributed by atoms with Gasteiger partial charge in [0.2, 0.25) is 11.8 Å². The summed E-state index contributed by atoms with van der Waals surface area (Å²) in [5.74, 6) is -0.0909. The number of hydrogen-bond acceptors (Lipinski definition) is 3. The van der Waals surface area contributed by atoms with Crippen molar-refractivity contribution in [3.8, 4) is 0 Å². The van der Waals surface area contributed by atoms with E-state index in [0.29, 0.717) is 0 Å². The number of likely N-dealkylation sites (tertiary alicyclic amines) is 1. The number of nitrogens with one attached hydrogen (secondary N) is 2. The van der Waals surface area contributed by atoms with Gasteiger partial charge in [-0.15, -0.1) is 0 Å². The highest BCUT2D eigenvalue weighted by atomic mass is 16.2. The number of hydrogen-bond donors (Lipinski definition) is 2. The number of amides is 2. The maximum atomic E-state index is 12.7. The highest BCUT2D eigenvalue weighted by Crippen LogP contribution is 2.25. The van der Waals surface area contributed by atoms with Gasteiger partial charge in [-0.25, -0.2) is 0 Å². The van der Waals surface area contributed by atoms with Crippen LogP contribution < -0.4 is 10.6 Å². The molecule has 0 saturated carbocycles.